The second-order valence-corrected chi connectivity index (χ2v) is 4.05. The Bertz CT molecular complexity index is 456. The molecule has 1 aromatic carbocycles. The van der Waals surface area contributed by atoms with Gasteiger partial charge in [-0.05, 0) is 5.56 Å². The number of ketones is 1. The van der Waals surface area contributed by atoms with Gasteiger partial charge in [0.15, 0.2) is 11.8 Å². The molecule has 0 fully saturated rings. The Labute approximate surface area is 111 Å². The molecule has 0 aliphatic heterocycles. The second kappa shape index (κ2) is 7.31. The van der Waals surface area contributed by atoms with E-state index in [4.69, 9.17) is 4.74 Å². The number of hydrogen-bond donors (Lipinski definition) is 1. The fourth-order valence-corrected chi connectivity index (χ4v) is 1.49. The van der Waals surface area contributed by atoms with Gasteiger partial charge in [-0.2, -0.15) is 0 Å². The summed E-state index contributed by atoms with van der Waals surface area (Å²) in [4.78, 5) is 34.4. The lowest BCUT2D eigenvalue weighted by atomic mass is 10.1. The van der Waals surface area contributed by atoms with Crippen LogP contribution in [0.25, 0.3) is 0 Å². The summed E-state index contributed by atoms with van der Waals surface area (Å²) in [5.41, 5.74) is 0.821. The maximum absolute atomic E-state index is 11.8. The minimum Gasteiger partial charge on any atom is -0.459 e. The normalized spacial score (nSPS) is 11.5. The number of Topliss-reactive ketones (excluding diaryl/α,β-unsaturated/α-hetero) is 1. The molecule has 19 heavy (non-hydrogen) atoms. The molecule has 102 valence electrons. The van der Waals surface area contributed by atoms with Gasteiger partial charge in [-0.25, -0.2) is 4.79 Å². The third-order valence-electron chi connectivity index (χ3n) is 2.48. The zero-order valence-electron chi connectivity index (χ0n) is 11.0. The number of amides is 1. The molecule has 1 amide bonds. The average Bonchev–Trinajstić information content (AvgIpc) is 2.42. The van der Waals surface area contributed by atoms with Crippen molar-refractivity contribution in [1.82, 2.24) is 5.32 Å². The molecule has 1 rings (SSSR count). The first kappa shape index (κ1) is 14.9. The van der Waals surface area contributed by atoms with Crippen LogP contribution in [0.1, 0.15) is 25.8 Å². The van der Waals surface area contributed by atoms with Crippen molar-refractivity contribution in [3.05, 3.63) is 35.9 Å². The Hall–Kier alpha value is -2.17. The molecule has 5 heteroatoms. The lowest BCUT2D eigenvalue weighted by Gasteiger charge is -2.15. The van der Waals surface area contributed by atoms with E-state index < -0.39 is 17.9 Å². The van der Waals surface area contributed by atoms with Crippen LogP contribution >= 0.6 is 0 Å². The molecule has 0 bridgehead atoms. The number of benzene rings is 1. The van der Waals surface area contributed by atoms with Gasteiger partial charge in [-0.1, -0.05) is 37.3 Å². The van der Waals surface area contributed by atoms with Crippen molar-refractivity contribution < 1.29 is 19.1 Å². The maximum atomic E-state index is 11.8. The molecule has 0 aliphatic rings. The van der Waals surface area contributed by atoms with Gasteiger partial charge in [0.2, 0.25) is 5.91 Å². The predicted octanol–water partition coefficient (Wildman–Crippen LogP) is 1.21. The number of esters is 1. The van der Waals surface area contributed by atoms with Crippen LogP contribution in [0.4, 0.5) is 0 Å². The molecule has 0 radical (unpaired) electrons. The SMILES string of the molecule is CCC(=O)C(NC(C)=O)C(=O)OCc1ccccc1. The standard InChI is InChI=1S/C14H17NO4/c1-3-12(17)13(15-10(2)16)14(18)19-9-11-7-5-4-6-8-11/h4-8,13H,3,9H2,1-2H3,(H,15,16). The Morgan fingerprint density at radius 1 is 1.21 bits per heavy atom. The summed E-state index contributed by atoms with van der Waals surface area (Å²) in [5, 5.41) is 2.30. The van der Waals surface area contributed by atoms with Gasteiger partial charge >= 0.3 is 5.97 Å². The van der Waals surface area contributed by atoms with Gasteiger partial charge in [0.25, 0.3) is 0 Å². The van der Waals surface area contributed by atoms with E-state index in [0.29, 0.717) is 0 Å². The Kier molecular flexibility index (Phi) is 5.73. The molecule has 0 heterocycles. The summed E-state index contributed by atoms with van der Waals surface area (Å²) in [6.45, 7) is 2.95. The molecule has 1 atom stereocenters. The minimum atomic E-state index is -1.22. The number of hydrogen-bond acceptors (Lipinski definition) is 4. The summed E-state index contributed by atoms with van der Waals surface area (Å²) < 4.78 is 5.04. The van der Waals surface area contributed by atoms with E-state index in [1.165, 1.54) is 6.92 Å². The quantitative estimate of drug-likeness (QED) is 0.618. The van der Waals surface area contributed by atoms with Crippen molar-refractivity contribution in [2.75, 3.05) is 0 Å². The maximum Gasteiger partial charge on any atom is 0.336 e. The van der Waals surface area contributed by atoms with Crippen LogP contribution in [0.2, 0.25) is 0 Å². The molecule has 0 aromatic heterocycles. The number of ether oxygens (including phenoxy) is 1. The highest BCUT2D eigenvalue weighted by Crippen LogP contribution is 2.03. The predicted molar refractivity (Wildman–Crippen MR) is 69.1 cm³/mol. The molecule has 1 aromatic rings. The van der Waals surface area contributed by atoms with Gasteiger partial charge in [-0.3, -0.25) is 9.59 Å². The Balaban J connectivity index is 2.62. The number of carbonyl (C=O) groups is 3. The molecule has 0 saturated carbocycles. The van der Waals surface area contributed by atoms with Crippen LogP contribution < -0.4 is 5.32 Å². The van der Waals surface area contributed by atoms with Crippen LogP contribution in [0.3, 0.4) is 0 Å². The summed E-state index contributed by atoms with van der Waals surface area (Å²) in [6, 6.07) is 7.90. The van der Waals surface area contributed by atoms with E-state index in [2.05, 4.69) is 5.32 Å². The van der Waals surface area contributed by atoms with Crippen LogP contribution in [0.5, 0.6) is 0 Å². The first-order valence-corrected chi connectivity index (χ1v) is 6.05. The van der Waals surface area contributed by atoms with Crippen LogP contribution in [-0.2, 0) is 25.7 Å². The molecular weight excluding hydrogens is 246 g/mol. The summed E-state index contributed by atoms with van der Waals surface area (Å²) in [6.07, 6.45) is 0.158. The highest BCUT2D eigenvalue weighted by molar-refractivity contribution is 6.05. The van der Waals surface area contributed by atoms with E-state index in [0.717, 1.165) is 5.56 Å². The highest BCUT2D eigenvalue weighted by Gasteiger charge is 2.27. The molecular formula is C14H17NO4. The Morgan fingerprint density at radius 2 is 1.84 bits per heavy atom. The number of rotatable bonds is 6. The third kappa shape index (κ3) is 4.91. The van der Waals surface area contributed by atoms with Gasteiger partial charge in [-0.15, -0.1) is 0 Å². The van der Waals surface area contributed by atoms with E-state index in [1.807, 2.05) is 30.3 Å². The van der Waals surface area contributed by atoms with Crippen molar-refractivity contribution in [2.24, 2.45) is 0 Å². The zero-order chi connectivity index (χ0) is 14.3. The van der Waals surface area contributed by atoms with Crippen LogP contribution in [0.15, 0.2) is 30.3 Å². The lowest BCUT2D eigenvalue weighted by Crippen LogP contribution is -2.46. The summed E-state index contributed by atoms with van der Waals surface area (Å²) in [7, 11) is 0. The average molecular weight is 263 g/mol. The highest BCUT2D eigenvalue weighted by atomic mass is 16.5. The smallest absolute Gasteiger partial charge is 0.336 e. The van der Waals surface area contributed by atoms with Crippen LogP contribution in [0, 0.1) is 0 Å². The van der Waals surface area contributed by atoms with E-state index in [9.17, 15) is 14.4 Å². The Morgan fingerprint density at radius 3 is 2.37 bits per heavy atom. The molecule has 1 N–H and O–H groups in total. The minimum absolute atomic E-state index is 0.0761. The van der Waals surface area contributed by atoms with E-state index >= 15 is 0 Å². The fraction of sp³-hybridized carbons (Fsp3) is 0.357. The first-order chi connectivity index (χ1) is 9.04. The zero-order valence-corrected chi connectivity index (χ0v) is 11.0. The monoisotopic (exact) mass is 263 g/mol. The largest absolute Gasteiger partial charge is 0.459 e. The molecule has 5 nitrogen and oxygen atoms in total. The van der Waals surface area contributed by atoms with Crippen molar-refractivity contribution in [2.45, 2.75) is 32.9 Å². The van der Waals surface area contributed by atoms with Gasteiger partial charge in [0, 0.05) is 13.3 Å². The first-order valence-electron chi connectivity index (χ1n) is 6.05. The molecule has 1 unspecified atom stereocenters. The summed E-state index contributed by atoms with van der Waals surface area (Å²) >= 11 is 0. The third-order valence-corrected chi connectivity index (χ3v) is 2.48. The van der Waals surface area contributed by atoms with E-state index in [1.54, 1.807) is 6.92 Å². The van der Waals surface area contributed by atoms with Gasteiger partial charge in [0.1, 0.15) is 6.61 Å². The van der Waals surface area contributed by atoms with Gasteiger partial charge < -0.3 is 10.1 Å². The molecule has 0 spiro atoms. The topological polar surface area (TPSA) is 72.5 Å². The second-order valence-electron chi connectivity index (χ2n) is 4.05. The van der Waals surface area contributed by atoms with E-state index in [-0.39, 0.29) is 18.8 Å². The van der Waals surface area contributed by atoms with Crippen molar-refractivity contribution in [3.8, 4) is 0 Å². The number of carbonyl (C=O) groups excluding carboxylic acids is 3. The van der Waals surface area contributed by atoms with Crippen molar-refractivity contribution in [3.63, 3.8) is 0 Å². The van der Waals surface area contributed by atoms with Gasteiger partial charge in [0.05, 0.1) is 0 Å². The van der Waals surface area contributed by atoms with Crippen molar-refractivity contribution in [1.29, 1.82) is 0 Å². The van der Waals surface area contributed by atoms with Crippen LogP contribution in [-0.4, -0.2) is 23.7 Å². The fourth-order valence-electron chi connectivity index (χ4n) is 1.49. The molecule has 0 saturated heterocycles. The summed E-state index contributed by atoms with van der Waals surface area (Å²) in [5.74, 6) is -1.54. The number of nitrogens with one attached hydrogen (secondary N) is 1. The lowest BCUT2D eigenvalue weighted by molar-refractivity contribution is -0.152. The molecule has 0 aliphatic carbocycles. The van der Waals surface area contributed by atoms with Crippen molar-refractivity contribution >= 4 is 17.7 Å².